The Morgan fingerprint density at radius 2 is 0.950 bits per heavy atom. The molecule has 40 heavy (non-hydrogen) atoms. The van der Waals surface area contributed by atoms with Gasteiger partial charge in [-0.2, -0.15) is 0 Å². The first-order valence-electron chi connectivity index (χ1n) is 13.1. The number of amides is 3. The molecule has 10 nitrogen and oxygen atoms in total. The number of hydrogen-bond acceptors (Lipinski definition) is 7. The number of rotatable bonds is 5. The highest BCUT2D eigenvalue weighted by atomic mass is 35.5. The monoisotopic (exact) mass is 589 g/mol. The lowest BCUT2D eigenvalue weighted by Crippen LogP contribution is -2.43. The number of hydrogen-bond donors (Lipinski definition) is 0. The lowest BCUT2D eigenvalue weighted by molar-refractivity contribution is 0.0279. The van der Waals surface area contributed by atoms with Crippen LogP contribution < -0.4 is 0 Å². The molecule has 0 aromatic heterocycles. The number of nitrogens with zero attached hydrogens (tertiary/aromatic N) is 3. The van der Waals surface area contributed by atoms with Crippen molar-refractivity contribution < 1.29 is 33.4 Å². The second-order valence-corrected chi connectivity index (χ2v) is 10.5. The molecule has 0 unspecified atom stereocenters. The minimum absolute atomic E-state index is 0.00454. The summed E-state index contributed by atoms with van der Waals surface area (Å²) in [5, 5.41) is 0.256. The van der Waals surface area contributed by atoms with E-state index in [9.17, 15) is 19.2 Å². The van der Waals surface area contributed by atoms with E-state index >= 15 is 0 Å². The van der Waals surface area contributed by atoms with Gasteiger partial charge in [0.2, 0.25) is 0 Å². The lowest BCUT2D eigenvalue weighted by Gasteiger charge is -2.30. The Hall–Kier alpha value is -3.02. The van der Waals surface area contributed by atoms with Crippen molar-refractivity contribution in [2.45, 2.75) is 0 Å². The molecule has 3 heterocycles. The summed E-state index contributed by atoms with van der Waals surface area (Å²) in [7, 11) is 0. The average molecular weight is 590 g/mol. The number of carbonyl (C=O) groups is 4. The SMILES string of the molecule is O=C(c1cc(C(=O)N2CCOCC2)c(C(=O)N2CCOCC2)cc1Cl)c1cc(Cl)ccc1C(=O)N1CCOCC1. The fourth-order valence-corrected chi connectivity index (χ4v) is 5.37. The smallest absolute Gasteiger partial charge is 0.254 e. The molecule has 2 aromatic carbocycles. The summed E-state index contributed by atoms with van der Waals surface area (Å²) < 4.78 is 16.1. The predicted octanol–water partition coefficient (Wildman–Crippen LogP) is 2.64. The van der Waals surface area contributed by atoms with Crippen molar-refractivity contribution in [3.05, 3.63) is 68.2 Å². The molecule has 2 aromatic rings. The van der Waals surface area contributed by atoms with Crippen molar-refractivity contribution in [1.29, 1.82) is 0 Å². The van der Waals surface area contributed by atoms with Crippen LogP contribution in [0.2, 0.25) is 10.0 Å². The minimum Gasteiger partial charge on any atom is -0.378 e. The van der Waals surface area contributed by atoms with Crippen molar-refractivity contribution in [3.8, 4) is 0 Å². The summed E-state index contributed by atoms with van der Waals surface area (Å²) in [4.78, 5) is 59.3. The van der Waals surface area contributed by atoms with Crippen LogP contribution in [0.15, 0.2) is 30.3 Å². The summed E-state index contributed by atoms with van der Waals surface area (Å²) in [6.07, 6.45) is 0. The molecule has 3 aliphatic heterocycles. The van der Waals surface area contributed by atoms with Gasteiger partial charge in [0.1, 0.15) is 0 Å². The van der Waals surface area contributed by atoms with Gasteiger partial charge in [-0.05, 0) is 30.3 Å². The summed E-state index contributed by atoms with van der Waals surface area (Å²) >= 11 is 12.9. The van der Waals surface area contributed by atoms with Gasteiger partial charge in [-0.15, -0.1) is 0 Å². The summed E-state index contributed by atoms with van der Waals surface area (Å²) in [6.45, 7) is 4.55. The molecule has 212 valence electrons. The topological polar surface area (TPSA) is 106 Å². The molecule has 3 saturated heterocycles. The van der Waals surface area contributed by atoms with Gasteiger partial charge in [0.05, 0.1) is 61.4 Å². The van der Waals surface area contributed by atoms with Gasteiger partial charge in [-0.1, -0.05) is 23.2 Å². The van der Waals surface area contributed by atoms with Gasteiger partial charge in [-0.25, -0.2) is 0 Å². The van der Waals surface area contributed by atoms with E-state index in [4.69, 9.17) is 37.4 Å². The van der Waals surface area contributed by atoms with Gasteiger partial charge in [-0.3, -0.25) is 19.2 Å². The first-order chi connectivity index (χ1) is 19.3. The molecule has 3 amide bonds. The van der Waals surface area contributed by atoms with E-state index < -0.39 is 11.7 Å². The van der Waals surface area contributed by atoms with E-state index in [-0.39, 0.29) is 49.7 Å². The van der Waals surface area contributed by atoms with Crippen molar-refractivity contribution >= 4 is 46.7 Å². The summed E-state index contributed by atoms with van der Waals surface area (Å²) in [5.74, 6) is -1.68. The quantitative estimate of drug-likeness (QED) is 0.494. The van der Waals surface area contributed by atoms with Crippen LogP contribution in [0, 0.1) is 0 Å². The molecular formula is C28H29Cl2N3O7. The van der Waals surface area contributed by atoms with Crippen molar-refractivity contribution in [1.82, 2.24) is 14.7 Å². The van der Waals surface area contributed by atoms with Crippen molar-refractivity contribution in [2.24, 2.45) is 0 Å². The van der Waals surface area contributed by atoms with Gasteiger partial charge in [0, 0.05) is 55.4 Å². The molecule has 0 saturated carbocycles. The van der Waals surface area contributed by atoms with Crippen LogP contribution in [0.25, 0.3) is 0 Å². The second kappa shape index (κ2) is 12.7. The molecule has 0 N–H and O–H groups in total. The molecule has 5 rings (SSSR count). The first kappa shape index (κ1) is 28.5. The lowest BCUT2D eigenvalue weighted by atomic mass is 9.93. The van der Waals surface area contributed by atoms with Crippen LogP contribution in [-0.2, 0) is 14.2 Å². The highest BCUT2D eigenvalue weighted by Gasteiger charge is 2.31. The van der Waals surface area contributed by atoms with Crippen LogP contribution in [0.5, 0.6) is 0 Å². The average Bonchev–Trinajstić information content (AvgIpc) is 3.00. The second-order valence-electron chi connectivity index (χ2n) is 9.61. The van der Waals surface area contributed by atoms with Gasteiger partial charge >= 0.3 is 0 Å². The van der Waals surface area contributed by atoms with Crippen LogP contribution in [0.4, 0.5) is 0 Å². The van der Waals surface area contributed by atoms with Gasteiger partial charge in [0.25, 0.3) is 17.7 Å². The zero-order chi connectivity index (χ0) is 28.2. The molecule has 0 radical (unpaired) electrons. The van der Waals surface area contributed by atoms with E-state index in [1.807, 2.05) is 0 Å². The number of carbonyl (C=O) groups excluding carboxylic acids is 4. The maximum atomic E-state index is 14.0. The molecule has 0 aliphatic carbocycles. The Morgan fingerprint density at radius 1 is 0.525 bits per heavy atom. The maximum absolute atomic E-state index is 14.0. The minimum atomic E-state index is -0.578. The molecule has 0 spiro atoms. The Labute approximate surface area is 241 Å². The Balaban J connectivity index is 1.56. The third-order valence-corrected chi connectivity index (χ3v) is 7.71. The highest BCUT2D eigenvalue weighted by Crippen LogP contribution is 2.29. The molecule has 0 bridgehead atoms. The van der Waals surface area contributed by atoms with E-state index in [1.54, 1.807) is 20.8 Å². The third kappa shape index (κ3) is 6.01. The zero-order valence-corrected chi connectivity index (χ0v) is 23.3. The van der Waals surface area contributed by atoms with E-state index in [0.717, 1.165) is 0 Å². The van der Waals surface area contributed by atoms with Gasteiger partial charge < -0.3 is 28.9 Å². The fourth-order valence-electron chi connectivity index (χ4n) is 4.95. The number of benzene rings is 2. The first-order valence-corrected chi connectivity index (χ1v) is 13.9. The van der Waals surface area contributed by atoms with Crippen LogP contribution in [0.3, 0.4) is 0 Å². The van der Waals surface area contributed by atoms with Crippen molar-refractivity contribution in [2.75, 3.05) is 78.9 Å². The summed E-state index contributed by atoms with van der Waals surface area (Å²) in [5.41, 5.74) is 0.393. The Bertz CT molecular complexity index is 1320. The fraction of sp³-hybridized carbons (Fsp3) is 0.429. The number of ketones is 1. The number of halogens is 2. The van der Waals surface area contributed by atoms with E-state index in [0.29, 0.717) is 78.9 Å². The standard InChI is InChI=1S/C28H29Cl2N3O7/c29-18-1-2-19(26(35)31-3-9-38-10-4-31)20(15-18)25(34)23-16-21(27(36)32-5-11-39-12-6-32)22(17-24(23)30)28(37)33-7-13-40-14-8-33/h1-2,15-17H,3-14H2. The number of morpholine rings is 3. The highest BCUT2D eigenvalue weighted by molar-refractivity contribution is 6.36. The zero-order valence-electron chi connectivity index (χ0n) is 21.8. The molecule has 3 aliphatic rings. The van der Waals surface area contributed by atoms with E-state index in [2.05, 4.69) is 0 Å². The molecule has 3 fully saturated rings. The molecular weight excluding hydrogens is 561 g/mol. The Morgan fingerprint density at radius 3 is 1.43 bits per heavy atom. The van der Waals surface area contributed by atoms with Gasteiger partial charge in [0.15, 0.2) is 5.78 Å². The largest absolute Gasteiger partial charge is 0.378 e. The molecule has 0 atom stereocenters. The Kier molecular flexibility index (Phi) is 9.02. The van der Waals surface area contributed by atoms with E-state index in [1.165, 1.54) is 24.3 Å². The number of ether oxygens (including phenoxy) is 3. The van der Waals surface area contributed by atoms with Crippen LogP contribution in [0.1, 0.15) is 47.0 Å². The predicted molar refractivity (Wildman–Crippen MR) is 147 cm³/mol. The van der Waals surface area contributed by atoms with Crippen LogP contribution >= 0.6 is 23.2 Å². The molecule has 12 heteroatoms. The maximum Gasteiger partial charge on any atom is 0.254 e. The summed E-state index contributed by atoms with van der Waals surface area (Å²) in [6, 6.07) is 7.21. The third-order valence-electron chi connectivity index (χ3n) is 7.16. The van der Waals surface area contributed by atoms with Crippen molar-refractivity contribution in [3.63, 3.8) is 0 Å². The van der Waals surface area contributed by atoms with Crippen LogP contribution in [-0.4, -0.2) is 117 Å². The normalized spacial score (nSPS) is 18.0.